The third kappa shape index (κ3) is 4.21. The number of carbonyl (C=O) groups is 2. The van der Waals surface area contributed by atoms with Crippen LogP contribution in [0.3, 0.4) is 0 Å². The number of ether oxygens (including phenoxy) is 1. The molecule has 0 unspecified atom stereocenters. The van der Waals surface area contributed by atoms with Gasteiger partial charge in [-0.3, -0.25) is 9.59 Å². The molecule has 2 aromatic carbocycles. The zero-order valence-electron chi connectivity index (χ0n) is 20.1. The fourth-order valence-electron chi connectivity index (χ4n) is 4.65. The van der Waals surface area contributed by atoms with E-state index in [9.17, 15) is 18.4 Å². The van der Waals surface area contributed by atoms with Crippen LogP contribution < -0.4 is 10.6 Å². The zero-order valence-corrected chi connectivity index (χ0v) is 20.1. The second kappa shape index (κ2) is 9.34. The lowest BCUT2D eigenvalue weighted by Crippen LogP contribution is -2.48. The predicted octanol–water partition coefficient (Wildman–Crippen LogP) is 3.45. The Kier molecular flexibility index (Phi) is 6.21. The highest BCUT2D eigenvalue weighted by molar-refractivity contribution is 5.99. The molecule has 2 aliphatic rings. The molecule has 188 valence electrons. The Morgan fingerprint density at radius 2 is 1.72 bits per heavy atom. The van der Waals surface area contributed by atoms with Crippen LogP contribution in [-0.2, 0) is 21.5 Å². The van der Waals surface area contributed by atoms with Gasteiger partial charge in [0.25, 0.3) is 5.91 Å². The van der Waals surface area contributed by atoms with Gasteiger partial charge in [-0.1, -0.05) is 18.2 Å². The van der Waals surface area contributed by atoms with E-state index in [-0.39, 0.29) is 34.7 Å². The Balaban J connectivity index is 1.44. The zero-order chi connectivity index (χ0) is 25.4. The first-order chi connectivity index (χ1) is 17.3. The van der Waals surface area contributed by atoms with E-state index in [1.165, 1.54) is 10.6 Å². The fraction of sp³-hybridized carbons (Fsp3) is 0.346. The van der Waals surface area contributed by atoms with Gasteiger partial charge in [0.15, 0.2) is 11.5 Å². The Morgan fingerprint density at radius 1 is 1.06 bits per heavy atom. The van der Waals surface area contributed by atoms with Crippen LogP contribution in [0.1, 0.15) is 29.9 Å². The van der Waals surface area contributed by atoms with Gasteiger partial charge in [-0.05, 0) is 43.7 Å². The van der Waals surface area contributed by atoms with Crippen molar-refractivity contribution in [2.75, 3.05) is 38.2 Å². The third-order valence-electron chi connectivity index (χ3n) is 6.69. The summed E-state index contributed by atoms with van der Waals surface area (Å²) in [5.74, 6) is -1.61. The first kappa shape index (κ1) is 23.9. The molecule has 10 heteroatoms. The van der Waals surface area contributed by atoms with Crippen molar-refractivity contribution < 1.29 is 23.1 Å². The lowest BCUT2D eigenvalue weighted by molar-refractivity contribution is -0.140. The number of rotatable bonds is 5. The van der Waals surface area contributed by atoms with E-state index < -0.39 is 17.0 Å². The minimum Gasteiger partial charge on any atom is -0.378 e. The van der Waals surface area contributed by atoms with Crippen LogP contribution in [0.25, 0.3) is 11.4 Å². The van der Waals surface area contributed by atoms with E-state index in [0.29, 0.717) is 45.1 Å². The summed E-state index contributed by atoms with van der Waals surface area (Å²) in [7, 11) is 0. The molecular weight excluding hydrogens is 468 g/mol. The average Bonchev–Trinajstić information content (AvgIpc) is 3.23. The summed E-state index contributed by atoms with van der Waals surface area (Å²) in [5.41, 5.74) is 0.640. The fourth-order valence-corrected chi connectivity index (χ4v) is 4.65. The number of aromatic nitrogens is 2. The average molecular weight is 496 g/mol. The topological polar surface area (TPSA) is 88.5 Å². The number of anilines is 2. The Bertz CT molecular complexity index is 1290. The number of nitrogens with one attached hydrogen (secondary N) is 2. The van der Waals surface area contributed by atoms with Crippen LogP contribution in [-0.4, -0.2) is 59.1 Å². The van der Waals surface area contributed by atoms with E-state index in [0.717, 1.165) is 17.7 Å². The van der Waals surface area contributed by atoms with Gasteiger partial charge in [0.1, 0.15) is 17.5 Å². The second-order valence-electron chi connectivity index (χ2n) is 9.37. The van der Waals surface area contributed by atoms with Crippen LogP contribution in [0.15, 0.2) is 42.5 Å². The Morgan fingerprint density at radius 3 is 2.39 bits per heavy atom. The molecule has 0 radical (unpaired) electrons. The molecule has 1 aromatic heterocycles. The Labute approximate surface area is 207 Å². The lowest BCUT2D eigenvalue weighted by atomic mass is 9.83. The van der Waals surface area contributed by atoms with Gasteiger partial charge in [-0.25, -0.2) is 13.8 Å². The quantitative estimate of drug-likeness (QED) is 0.566. The summed E-state index contributed by atoms with van der Waals surface area (Å²) < 4.78 is 36.0. The highest BCUT2D eigenvalue weighted by atomic mass is 19.1. The molecule has 2 amide bonds. The van der Waals surface area contributed by atoms with Crippen LogP contribution in [0, 0.1) is 11.6 Å². The summed E-state index contributed by atoms with van der Waals surface area (Å²) in [5, 5.41) is 5.87. The highest BCUT2D eigenvalue weighted by Crippen LogP contribution is 2.33. The van der Waals surface area contributed by atoms with E-state index in [4.69, 9.17) is 4.74 Å². The molecule has 0 aliphatic carbocycles. The lowest BCUT2D eigenvalue weighted by Gasteiger charge is -2.34. The smallest absolute Gasteiger partial charge is 0.271 e. The van der Waals surface area contributed by atoms with Crippen LogP contribution >= 0.6 is 0 Å². The molecule has 8 nitrogen and oxygen atoms in total. The highest BCUT2D eigenvalue weighted by Gasteiger charge is 2.34. The third-order valence-corrected chi connectivity index (χ3v) is 6.69. The molecule has 0 saturated carbocycles. The van der Waals surface area contributed by atoms with Crippen molar-refractivity contribution in [3.05, 3.63) is 65.4 Å². The first-order valence-corrected chi connectivity index (χ1v) is 11.8. The molecule has 1 saturated heterocycles. The molecule has 3 aromatic rings. The number of amides is 2. The van der Waals surface area contributed by atoms with Crippen molar-refractivity contribution >= 4 is 23.3 Å². The maximum atomic E-state index is 14.5. The van der Waals surface area contributed by atoms with Gasteiger partial charge in [-0.2, -0.15) is 0 Å². The number of fused-ring (bicyclic) bond motifs is 1. The van der Waals surface area contributed by atoms with Gasteiger partial charge >= 0.3 is 0 Å². The number of hydrogen-bond acceptors (Lipinski definition) is 5. The van der Waals surface area contributed by atoms with Crippen molar-refractivity contribution in [1.29, 1.82) is 0 Å². The molecule has 0 bridgehead atoms. The van der Waals surface area contributed by atoms with E-state index in [2.05, 4.69) is 15.6 Å². The van der Waals surface area contributed by atoms with Crippen LogP contribution in [0.4, 0.5) is 20.3 Å². The summed E-state index contributed by atoms with van der Waals surface area (Å²) in [4.78, 5) is 32.0. The SMILES string of the molecule is CC(C)(C(=O)N1CCOCC1)c1ccc(Nc2nc(-c3c(F)cccc3F)n3c2C(=O)NCC3)cc1. The van der Waals surface area contributed by atoms with Crippen molar-refractivity contribution in [1.82, 2.24) is 19.8 Å². The summed E-state index contributed by atoms with van der Waals surface area (Å²) in [6.45, 7) is 6.64. The second-order valence-corrected chi connectivity index (χ2v) is 9.37. The minimum atomic E-state index is -0.753. The molecule has 1 fully saturated rings. The van der Waals surface area contributed by atoms with E-state index >= 15 is 0 Å². The molecule has 0 spiro atoms. The molecule has 2 aliphatic heterocycles. The standard InChI is InChI=1S/C26H27F2N5O3/c1-26(2,25(35)32-12-14-36-15-13-32)16-6-8-17(9-7-16)30-22-21-24(34)29-10-11-33(21)23(31-22)20-18(27)4-3-5-19(20)28/h3-9,30H,10-15H2,1-2H3,(H,29,34). The number of carbonyl (C=O) groups excluding carboxylic acids is 2. The normalized spacial score (nSPS) is 15.9. The summed E-state index contributed by atoms with van der Waals surface area (Å²) >= 11 is 0. The van der Waals surface area contributed by atoms with Crippen molar-refractivity contribution in [3.63, 3.8) is 0 Å². The summed E-state index contributed by atoms with van der Waals surface area (Å²) in [6, 6.07) is 10.9. The van der Waals surface area contributed by atoms with Gasteiger partial charge in [0, 0.05) is 31.9 Å². The number of hydrogen-bond donors (Lipinski definition) is 2. The number of benzene rings is 2. The number of morpholine rings is 1. The summed E-state index contributed by atoms with van der Waals surface area (Å²) in [6.07, 6.45) is 0. The molecule has 3 heterocycles. The first-order valence-electron chi connectivity index (χ1n) is 11.8. The Hall–Kier alpha value is -3.79. The molecule has 5 rings (SSSR count). The number of imidazole rings is 1. The van der Waals surface area contributed by atoms with E-state index in [1.54, 1.807) is 12.1 Å². The monoisotopic (exact) mass is 495 g/mol. The number of halogens is 2. The van der Waals surface area contributed by atoms with Crippen molar-refractivity contribution in [2.24, 2.45) is 0 Å². The van der Waals surface area contributed by atoms with Crippen molar-refractivity contribution in [2.45, 2.75) is 25.8 Å². The maximum Gasteiger partial charge on any atom is 0.271 e. The molecule has 2 N–H and O–H groups in total. The molecule has 0 atom stereocenters. The molecule has 36 heavy (non-hydrogen) atoms. The van der Waals surface area contributed by atoms with Crippen LogP contribution in [0.5, 0.6) is 0 Å². The van der Waals surface area contributed by atoms with Crippen LogP contribution in [0.2, 0.25) is 0 Å². The number of nitrogens with zero attached hydrogens (tertiary/aromatic N) is 3. The van der Waals surface area contributed by atoms with Gasteiger partial charge in [-0.15, -0.1) is 0 Å². The van der Waals surface area contributed by atoms with Gasteiger partial charge in [0.2, 0.25) is 5.91 Å². The minimum absolute atomic E-state index is 0.0305. The largest absolute Gasteiger partial charge is 0.378 e. The van der Waals surface area contributed by atoms with Crippen molar-refractivity contribution in [3.8, 4) is 11.4 Å². The maximum absolute atomic E-state index is 14.5. The van der Waals surface area contributed by atoms with Gasteiger partial charge < -0.3 is 24.8 Å². The molecular formula is C26H27F2N5O3. The predicted molar refractivity (Wildman–Crippen MR) is 130 cm³/mol. The van der Waals surface area contributed by atoms with Gasteiger partial charge in [0.05, 0.1) is 24.2 Å². The van der Waals surface area contributed by atoms with E-state index in [1.807, 2.05) is 30.9 Å².